The number of nitrogens with zero attached hydrogens (tertiary/aromatic N) is 1. The highest BCUT2D eigenvalue weighted by Gasteiger charge is 2.37. The van der Waals surface area contributed by atoms with Crippen molar-refractivity contribution in [1.29, 1.82) is 0 Å². The van der Waals surface area contributed by atoms with E-state index >= 15 is 0 Å². The van der Waals surface area contributed by atoms with Crippen LogP contribution < -0.4 is 4.90 Å². The smallest absolute Gasteiger partial charge is 0.266 e. The number of amides is 2. The van der Waals surface area contributed by atoms with Crippen LogP contribution >= 0.6 is 0 Å². The second-order valence-corrected chi connectivity index (χ2v) is 7.84. The van der Waals surface area contributed by atoms with E-state index in [1.807, 2.05) is 42.5 Å². The molecule has 0 saturated carbocycles. The van der Waals surface area contributed by atoms with E-state index in [2.05, 4.69) is 26.8 Å². The molecule has 3 nitrogen and oxygen atoms in total. The zero-order valence-corrected chi connectivity index (χ0v) is 15.7. The Balaban J connectivity index is 1.92. The highest BCUT2D eigenvalue weighted by molar-refractivity contribution is 6.35. The Kier molecular flexibility index (Phi) is 3.96. The van der Waals surface area contributed by atoms with E-state index in [9.17, 15) is 9.59 Å². The molecule has 0 atom stereocenters. The van der Waals surface area contributed by atoms with E-state index < -0.39 is 0 Å². The van der Waals surface area contributed by atoms with Gasteiger partial charge in [0.1, 0.15) is 0 Å². The Hall–Kier alpha value is -3.20. The highest BCUT2D eigenvalue weighted by Crippen LogP contribution is 2.38. The summed E-state index contributed by atoms with van der Waals surface area (Å²) in [6, 6.07) is 22.9. The Morgan fingerprint density at radius 1 is 0.667 bits per heavy atom. The van der Waals surface area contributed by atoms with Gasteiger partial charge in [0.2, 0.25) is 0 Å². The van der Waals surface area contributed by atoms with Crippen molar-refractivity contribution < 1.29 is 9.59 Å². The standard InChI is InChI=1S/C24H21NO2/c1-24(2,3)17-13-14-21(20(15-17)16-9-5-4-6-10-16)25-22(26)18-11-7-8-12-19(18)23(25)27/h4-15H,1-3H3. The number of imide groups is 1. The van der Waals surface area contributed by atoms with Gasteiger partial charge in [0.05, 0.1) is 16.8 Å². The van der Waals surface area contributed by atoms with Gasteiger partial charge < -0.3 is 0 Å². The average molecular weight is 355 g/mol. The fourth-order valence-corrected chi connectivity index (χ4v) is 3.45. The molecule has 4 rings (SSSR count). The quantitative estimate of drug-likeness (QED) is 0.573. The molecule has 27 heavy (non-hydrogen) atoms. The van der Waals surface area contributed by atoms with Gasteiger partial charge in [-0.3, -0.25) is 9.59 Å². The summed E-state index contributed by atoms with van der Waals surface area (Å²) in [6.45, 7) is 6.45. The van der Waals surface area contributed by atoms with Gasteiger partial charge in [0.15, 0.2) is 0 Å². The molecule has 0 aromatic heterocycles. The first-order valence-electron chi connectivity index (χ1n) is 9.06. The van der Waals surface area contributed by atoms with Crippen molar-refractivity contribution in [2.24, 2.45) is 0 Å². The van der Waals surface area contributed by atoms with Gasteiger partial charge in [-0.15, -0.1) is 0 Å². The van der Waals surface area contributed by atoms with E-state index in [0.29, 0.717) is 16.8 Å². The zero-order chi connectivity index (χ0) is 19.2. The Morgan fingerprint density at radius 2 is 1.22 bits per heavy atom. The van der Waals surface area contributed by atoms with E-state index in [4.69, 9.17) is 0 Å². The summed E-state index contributed by atoms with van der Waals surface area (Å²) in [4.78, 5) is 27.3. The number of fused-ring (bicyclic) bond motifs is 1. The number of hydrogen-bond acceptors (Lipinski definition) is 2. The maximum Gasteiger partial charge on any atom is 0.266 e. The van der Waals surface area contributed by atoms with Crippen LogP contribution in [-0.4, -0.2) is 11.8 Å². The molecule has 0 aliphatic carbocycles. The minimum atomic E-state index is -0.267. The SMILES string of the molecule is CC(C)(C)c1ccc(N2C(=O)c3ccccc3C2=O)c(-c2ccccc2)c1. The maximum absolute atomic E-state index is 13.0. The largest absolute Gasteiger partial charge is 0.268 e. The molecule has 2 amide bonds. The van der Waals surface area contributed by atoms with Gasteiger partial charge in [-0.25, -0.2) is 4.90 Å². The molecule has 1 heterocycles. The second kappa shape index (κ2) is 6.20. The number of rotatable bonds is 2. The molecule has 0 saturated heterocycles. The minimum absolute atomic E-state index is 0.0376. The molecule has 0 radical (unpaired) electrons. The van der Waals surface area contributed by atoms with E-state index in [-0.39, 0.29) is 17.2 Å². The van der Waals surface area contributed by atoms with Gasteiger partial charge in [-0.05, 0) is 40.8 Å². The molecule has 1 aliphatic rings. The Labute approximate surface area is 159 Å². The summed E-state index contributed by atoms with van der Waals surface area (Å²) < 4.78 is 0. The maximum atomic E-state index is 13.0. The van der Waals surface area contributed by atoms with E-state index in [1.165, 1.54) is 4.90 Å². The molecular weight excluding hydrogens is 334 g/mol. The molecule has 3 heteroatoms. The first kappa shape index (κ1) is 17.2. The first-order chi connectivity index (χ1) is 12.9. The van der Waals surface area contributed by atoms with Crippen LogP contribution in [0.3, 0.4) is 0 Å². The predicted molar refractivity (Wildman–Crippen MR) is 108 cm³/mol. The lowest BCUT2D eigenvalue weighted by atomic mass is 9.85. The summed E-state index contributed by atoms with van der Waals surface area (Å²) in [7, 11) is 0. The number of carbonyl (C=O) groups is 2. The lowest BCUT2D eigenvalue weighted by Gasteiger charge is -2.24. The van der Waals surface area contributed by atoms with Crippen LogP contribution in [0.25, 0.3) is 11.1 Å². The molecule has 0 N–H and O–H groups in total. The van der Waals surface area contributed by atoms with Crippen molar-refractivity contribution in [3.8, 4) is 11.1 Å². The Bertz CT molecular complexity index is 1010. The summed E-state index contributed by atoms with van der Waals surface area (Å²) >= 11 is 0. The minimum Gasteiger partial charge on any atom is -0.268 e. The van der Waals surface area contributed by atoms with Gasteiger partial charge >= 0.3 is 0 Å². The van der Waals surface area contributed by atoms with Crippen molar-refractivity contribution in [3.63, 3.8) is 0 Å². The van der Waals surface area contributed by atoms with Crippen molar-refractivity contribution >= 4 is 17.5 Å². The van der Waals surface area contributed by atoms with Crippen LogP contribution in [-0.2, 0) is 5.41 Å². The van der Waals surface area contributed by atoms with Crippen molar-refractivity contribution in [3.05, 3.63) is 89.5 Å². The van der Waals surface area contributed by atoms with Crippen molar-refractivity contribution in [2.75, 3.05) is 4.90 Å². The lowest BCUT2D eigenvalue weighted by Crippen LogP contribution is -2.30. The number of benzene rings is 3. The molecule has 0 unspecified atom stereocenters. The fourth-order valence-electron chi connectivity index (χ4n) is 3.45. The highest BCUT2D eigenvalue weighted by atomic mass is 16.2. The monoisotopic (exact) mass is 355 g/mol. The van der Waals surface area contributed by atoms with Gasteiger partial charge in [0.25, 0.3) is 11.8 Å². The van der Waals surface area contributed by atoms with Gasteiger partial charge in [0, 0.05) is 5.56 Å². The van der Waals surface area contributed by atoms with Crippen LogP contribution in [0.15, 0.2) is 72.8 Å². The van der Waals surface area contributed by atoms with Crippen LogP contribution in [0.2, 0.25) is 0 Å². The average Bonchev–Trinajstić information content (AvgIpc) is 2.92. The topological polar surface area (TPSA) is 37.4 Å². The van der Waals surface area contributed by atoms with E-state index in [0.717, 1.165) is 16.7 Å². The fraction of sp³-hybridized carbons (Fsp3) is 0.167. The van der Waals surface area contributed by atoms with Crippen LogP contribution in [0.1, 0.15) is 47.1 Å². The molecular formula is C24H21NO2. The predicted octanol–water partition coefficient (Wildman–Crippen LogP) is 5.45. The zero-order valence-electron chi connectivity index (χ0n) is 15.7. The number of carbonyl (C=O) groups excluding carboxylic acids is 2. The number of anilines is 1. The van der Waals surface area contributed by atoms with Crippen LogP contribution in [0.4, 0.5) is 5.69 Å². The van der Waals surface area contributed by atoms with Crippen LogP contribution in [0.5, 0.6) is 0 Å². The summed E-state index contributed by atoms with van der Waals surface area (Å²) in [6.07, 6.45) is 0. The molecule has 1 aliphatic heterocycles. The van der Waals surface area contributed by atoms with Crippen molar-refractivity contribution in [2.45, 2.75) is 26.2 Å². The third-order valence-corrected chi connectivity index (χ3v) is 4.98. The summed E-state index contributed by atoms with van der Waals surface area (Å²) in [5, 5.41) is 0. The second-order valence-electron chi connectivity index (χ2n) is 7.84. The third kappa shape index (κ3) is 2.85. The molecule has 3 aromatic carbocycles. The molecule has 3 aromatic rings. The third-order valence-electron chi connectivity index (χ3n) is 4.98. The van der Waals surface area contributed by atoms with E-state index in [1.54, 1.807) is 24.3 Å². The summed E-state index contributed by atoms with van der Waals surface area (Å²) in [5.41, 5.74) is 4.53. The molecule has 0 spiro atoms. The Morgan fingerprint density at radius 3 is 1.78 bits per heavy atom. The number of hydrogen-bond donors (Lipinski definition) is 0. The van der Waals surface area contributed by atoms with Gasteiger partial charge in [-0.2, -0.15) is 0 Å². The first-order valence-corrected chi connectivity index (χ1v) is 9.06. The van der Waals surface area contributed by atoms with Crippen molar-refractivity contribution in [1.82, 2.24) is 0 Å². The van der Waals surface area contributed by atoms with Gasteiger partial charge in [-0.1, -0.05) is 69.3 Å². The lowest BCUT2D eigenvalue weighted by molar-refractivity contribution is 0.0926. The molecule has 134 valence electrons. The molecule has 0 fully saturated rings. The molecule has 0 bridgehead atoms. The summed E-state index contributed by atoms with van der Waals surface area (Å²) in [5.74, 6) is -0.535. The van der Waals surface area contributed by atoms with Crippen LogP contribution in [0, 0.1) is 0 Å². The normalized spacial score (nSPS) is 13.8.